The van der Waals surface area contributed by atoms with E-state index in [2.05, 4.69) is 51.7 Å². The number of hydrogen-bond acceptors (Lipinski definition) is 1. The van der Waals surface area contributed by atoms with Gasteiger partial charge in [0.1, 0.15) is 0 Å². The molecule has 1 nitrogen and oxygen atoms in total. The molecule has 1 heterocycles. The van der Waals surface area contributed by atoms with E-state index in [0.717, 1.165) is 5.70 Å². The van der Waals surface area contributed by atoms with Crippen LogP contribution >= 0.6 is 0 Å². The van der Waals surface area contributed by atoms with Crippen molar-refractivity contribution >= 4 is 5.69 Å². The highest BCUT2D eigenvalue weighted by molar-refractivity contribution is 5.70. The first-order chi connectivity index (χ1) is 6.44. The average Bonchev–Trinajstić information content (AvgIpc) is 2.32. The molecule has 1 N–H and O–H groups in total. The van der Waals surface area contributed by atoms with E-state index in [0.29, 0.717) is 0 Å². The SMILES string of the molecule is C=C1Nc2ccc(C)c(C)c2C1(C)C. The number of allylic oxidation sites excluding steroid dienone is 1. The molecule has 14 heavy (non-hydrogen) atoms. The summed E-state index contributed by atoms with van der Waals surface area (Å²) in [4.78, 5) is 0. The third-order valence-electron chi connectivity index (χ3n) is 3.40. The summed E-state index contributed by atoms with van der Waals surface area (Å²) in [6.07, 6.45) is 0. The Hall–Kier alpha value is -1.24. The maximum absolute atomic E-state index is 4.08. The standard InChI is InChI=1S/C13H17N/c1-8-6-7-11-12(9(8)2)13(4,5)10(3)14-11/h6-7,14H,3H2,1-2,4-5H3. The molecule has 0 saturated carbocycles. The lowest BCUT2D eigenvalue weighted by molar-refractivity contribution is 0.651. The van der Waals surface area contributed by atoms with Crippen LogP contribution in [0, 0.1) is 13.8 Å². The topological polar surface area (TPSA) is 12.0 Å². The summed E-state index contributed by atoms with van der Waals surface area (Å²) in [5.41, 5.74) is 6.53. The zero-order valence-corrected chi connectivity index (χ0v) is 9.36. The van der Waals surface area contributed by atoms with Gasteiger partial charge in [0, 0.05) is 16.8 Å². The van der Waals surface area contributed by atoms with Gasteiger partial charge in [-0.05, 0) is 36.6 Å². The zero-order chi connectivity index (χ0) is 10.5. The molecule has 1 aromatic rings. The molecule has 0 spiro atoms. The van der Waals surface area contributed by atoms with E-state index in [1.165, 1.54) is 22.4 Å². The van der Waals surface area contributed by atoms with Gasteiger partial charge in [-0.3, -0.25) is 0 Å². The van der Waals surface area contributed by atoms with Crippen LogP contribution in [-0.4, -0.2) is 0 Å². The number of anilines is 1. The van der Waals surface area contributed by atoms with Crippen molar-refractivity contribution in [2.45, 2.75) is 33.1 Å². The molecule has 1 heteroatoms. The van der Waals surface area contributed by atoms with E-state index in [1.54, 1.807) is 0 Å². The lowest BCUT2D eigenvalue weighted by atomic mass is 9.81. The first kappa shape index (κ1) is 9.32. The van der Waals surface area contributed by atoms with Gasteiger partial charge >= 0.3 is 0 Å². The van der Waals surface area contributed by atoms with Crippen LogP contribution in [0.3, 0.4) is 0 Å². The van der Waals surface area contributed by atoms with E-state index >= 15 is 0 Å². The molecule has 0 aliphatic carbocycles. The lowest BCUT2D eigenvalue weighted by Crippen LogP contribution is -2.17. The first-order valence-electron chi connectivity index (χ1n) is 5.01. The number of fused-ring (bicyclic) bond motifs is 1. The Kier molecular flexibility index (Phi) is 1.75. The molecule has 0 atom stereocenters. The minimum atomic E-state index is 0.0609. The number of benzene rings is 1. The second-order valence-electron chi connectivity index (χ2n) is 4.66. The van der Waals surface area contributed by atoms with Crippen LogP contribution in [0.5, 0.6) is 0 Å². The van der Waals surface area contributed by atoms with Crippen LogP contribution in [0.2, 0.25) is 0 Å². The predicted octanol–water partition coefficient (Wildman–Crippen LogP) is 3.52. The quantitative estimate of drug-likeness (QED) is 0.655. The van der Waals surface area contributed by atoms with Crippen LogP contribution in [0.1, 0.15) is 30.5 Å². The smallest absolute Gasteiger partial charge is 0.0426 e. The van der Waals surface area contributed by atoms with Crippen molar-refractivity contribution < 1.29 is 0 Å². The van der Waals surface area contributed by atoms with Crippen molar-refractivity contribution in [1.82, 2.24) is 0 Å². The second kappa shape index (κ2) is 2.63. The highest BCUT2D eigenvalue weighted by Gasteiger charge is 2.34. The molecule has 2 rings (SSSR count). The molecule has 0 radical (unpaired) electrons. The van der Waals surface area contributed by atoms with E-state index in [9.17, 15) is 0 Å². The van der Waals surface area contributed by atoms with Crippen LogP contribution in [0.15, 0.2) is 24.4 Å². The summed E-state index contributed by atoms with van der Waals surface area (Å²) in [6.45, 7) is 12.9. The Morgan fingerprint density at radius 2 is 1.86 bits per heavy atom. The van der Waals surface area contributed by atoms with Gasteiger partial charge in [-0.25, -0.2) is 0 Å². The molecular formula is C13H17N. The minimum absolute atomic E-state index is 0.0609. The van der Waals surface area contributed by atoms with Crippen LogP contribution in [0.25, 0.3) is 0 Å². The lowest BCUT2D eigenvalue weighted by Gasteiger charge is -2.21. The third kappa shape index (κ3) is 1.02. The van der Waals surface area contributed by atoms with Crippen molar-refractivity contribution in [3.63, 3.8) is 0 Å². The van der Waals surface area contributed by atoms with Crippen molar-refractivity contribution in [3.8, 4) is 0 Å². The predicted molar refractivity (Wildman–Crippen MR) is 61.7 cm³/mol. The maximum atomic E-state index is 4.08. The fourth-order valence-corrected chi connectivity index (χ4v) is 2.20. The molecule has 74 valence electrons. The van der Waals surface area contributed by atoms with Crippen molar-refractivity contribution in [1.29, 1.82) is 0 Å². The summed E-state index contributed by atoms with van der Waals surface area (Å²) in [5, 5.41) is 3.36. The van der Waals surface area contributed by atoms with Gasteiger partial charge in [-0.2, -0.15) is 0 Å². The fourth-order valence-electron chi connectivity index (χ4n) is 2.20. The van der Waals surface area contributed by atoms with E-state index < -0.39 is 0 Å². The molecule has 0 unspecified atom stereocenters. The van der Waals surface area contributed by atoms with Gasteiger partial charge in [0.05, 0.1) is 0 Å². The van der Waals surface area contributed by atoms with Crippen LogP contribution in [-0.2, 0) is 5.41 Å². The van der Waals surface area contributed by atoms with Crippen molar-refractivity contribution in [2.24, 2.45) is 0 Å². The summed E-state index contributed by atoms with van der Waals surface area (Å²) in [5.74, 6) is 0. The van der Waals surface area contributed by atoms with Gasteiger partial charge < -0.3 is 5.32 Å². The van der Waals surface area contributed by atoms with E-state index in [1.807, 2.05) is 0 Å². The second-order valence-corrected chi connectivity index (χ2v) is 4.66. The van der Waals surface area contributed by atoms with Gasteiger partial charge in [0.2, 0.25) is 0 Å². The summed E-state index contributed by atoms with van der Waals surface area (Å²) < 4.78 is 0. The highest BCUT2D eigenvalue weighted by atomic mass is 14.9. The van der Waals surface area contributed by atoms with Gasteiger partial charge in [-0.1, -0.05) is 26.5 Å². The van der Waals surface area contributed by atoms with Gasteiger partial charge in [-0.15, -0.1) is 0 Å². The number of rotatable bonds is 0. The third-order valence-corrected chi connectivity index (χ3v) is 3.40. The Morgan fingerprint density at radius 1 is 1.21 bits per heavy atom. The summed E-state index contributed by atoms with van der Waals surface area (Å²) in [7, 11) is 0. The Labute approximate surface area is 85.8 Å². The first-order valence-corrected chi connectivity index (χ1v) is 5.01. The molecule has 0 amide bonds. The molecule has 0 saturated heterocycles. The Balaban J connectivity index is 2.74. The van der Waals surface area contributed by atoms with Crippen LogP contribution in [0.4, 0.5) is 5.69 Å². The maximum Gasteiger partial charge on any atom is 0.0426 e. The fraction of sp³-hybridized carbons (Fsp3) is 0.385. The largest absolute Gasteiger partial charge is 0.358 e. The Morgan fingerprint density at radius 3 is 2.50 bits per heavy atom. The molecule has 0 bridgehead atoms. The molecular weight excluding hydrogens is 170 g/mol. The number of hydrogen-bond donors (Lipinski definition) is 1. The van der Waals surface area contributed by atoms with E-state index in [4.69, 9.17) is 0 Å². The number of aryl methyl sites for hydroxylation is 1. The Bertz CT molecular complexity index is 413. The molecule has 0 fully saturated rings. The highest BCUT2D eigenvalue weighted by Crippen LogP contribution is 2.44. The van der Waals surface area contributed by atoms with Gasteiger partial charge in [0.15, 0.2) is 0 Å². The van der Waals surface area contributed by atoms with Gasteiger partial charge in [0.25, 0.3) is 0 Å². The van der Waals surface area contributed by atoms with Crippen molar-refractivity contribution in [2.75, 3.05) is 5.32 Å². The average molecular weight is 187 g/mol. The van der Waals surface area contributed by atoms with E-state index in [-0.39, 0.29) is 5.41 Å². The van der Waals surface area contributed by atoms with Crippen LogP contribution < -0.4 is 5.32 Å². The normalized spacial score (nSPS) is 17.9. The minimum Gasteiger partial charge on any atom is -0.358 e. The summed E-state index contributed by atoms with van der Waals surface area (Å²) >= 11 is 0. The summed E-state index contributed by atoms with van der Waals surface area (Å²) in [6, 6.07) is 4.31. The molecule has 1 aromatic carbocycles. The molecule has 0 aromatic heterocycles. The van der Waals surface area contributed by atoms with Crippen molar-refractivity contribution in [3.05, 3.63) is 41.1 Å². The monoisotopic (exact) mass is 187 g/mol. The number of nitrogens with one attached hydrogen (secondary N) is 1. The molecule has 1 aliphatic rings. The zero-order valence-electron chi connectivity index (χ0n) is 9.36. The molecule has 1 aliphatic heterocycles.